The van der Waals surface area contributed by atoms with Crippen LogP contribution in [0.1, 0.15) is 13.3 Å². The molecule has 0 aromatic carbocycles. The van der Waals surface area contributed by atoms with Gasteiger partial charge in [-0.3, -0.25) is 14.5 Å². The topological polar surface area (TPSA) is 107 Å². The summed E-state index contributed by atoms with van der Waals surface area (Å²) in [6.45, 7) is 4.13. The fourth-order valence-corrected chi connectivity index (χ4v) is 3.15. The second kappa shape index (κ2) is 7.55. The molecule has 0 bridgehead atoms. The van der Waals surface area contributed by atoms with E-state index in [2.05, 4.69) is 5.32 Å². The van der Waals surface area contributed by atoms with Crippen molar-refractivity contribution in [1.29, 1.82) is 0 Å². The molecule has 1 aliphatic heterocycles. The zero-order chi connectivity index (χ0) is 15.2. The van der Waals surface area contributed by atoms with Gasteiger partial charge in [0, 0.05) is 32.7 Å². The fraction of sp³-hybridized carbons (Fsp3) is 0.818. The summed E-state index contributed by atoms with van der Waals surface area (Å²) in [7, 11) is -3.74. The molecule has 8 nitrogen and oxygen atoms in total. The number of carbonyl (C=O) groups is 2. The van der Waals surface area contributed by atoms with Crippen molar-refractivity contribution in [2.75, 3.05) is 45.0 Å². The quantitative estimate of drug-likeness (QED) is 0.595. The lowest BCUT2D eigenvalue weighted by Crippen LogP contribution is -2.51. The Morgan fingerprint density at radius 2 is 1.80 bits per heavy atom. The monoisotopic (exact) mass is 307 g/mol. The molecule has 9 heteroatoms. The number of piperazine rings is 1. The highest BCUT2D eigenvalue weighted by atomic mass is 32.2. The van der Waals surface area contributed by atoms with Crippen LogP contribution in [-0.4, -0.2) is 79.6 Å². The van der Waals surface area contributed by atoms with Crippen LogP contribution in [0.5, 0.6) is 0 Å². The first-order valence-electron chi connectivity index (χ1n) is 6.54. The molecule has 0 aliphatic carbocycles. The molecule has 2 N–H and O–H groups in total. The smallest absolute Gasteiger partial charge is 0.320 e. The van der Waals surface area contributed by atoms with Crippen LogP contribution in [-0.2, 0) is 19.6 Å². The molecule has 1 aliphatic rings. The van der Waals surface area contributed by atoms with E-state index >= 15 is 0 Å². The highest BCUT2D eigenvalue weighted by Crippen LogP contribution is 2.07. The highest BCUT2D eigenvalue weighted by molar-refractivity contribution is 7.89. The van der Waals surface area contributed by atoms with Crippen molar-refractivity contribution in [1.82, 2.24) is 14.5 Å². The largest absolute Gasteiger partial charge is 0.480 e. The van der Waals surface area contributed by atoms with Crippen molar-refractivity contribution in [3.63, 3.8) is 0 Å². The number of hydrogen-bond acceptors (Lipinski definition) is 5. The minimum atomic E-state index is -3.74. The predicted octanol–water partition coefficient (Wildman–Crippen LogP) is -1.46. The molecule has 0 aromatic heterocycles. The van der Waals surface area contributed by atoms with Crippen molar-refractivity contribution in [3.8, 4) is 0 Å². The van der Waals surface area contributed by atoms with Crippen LogP contribution in [0.3, 0.4) is 0 Å². The lowest BCUT2D eigenvalue weighted by molar-refractivity contribution is -0.134. The second-order valence-electron chi connectivity index (χ2n) is 4.68. The number of carboxylic acids is 1. The van der Waals surface area contributed by atoms with Gasteiger partial charge in [0.05, 0.1) is 6.54 Å². The Labute approximate surface area is 118 Å². The normalized spacial score (nSPS) is 17.9. The lowest BCUT2D eigenvalue weighted by Gasteiger charge is -2.33. The molecule has 1 saturated heterocycles. The van der Waals surface area contributed by atoms with Gasteiger partial charge in [0.15, 0.2) is 5.75 Å². The molecule has 1 rings (SSSR count). The average molecular weight is 307 g/mol. The molecule has 0 saturated carbocycles. The molecule has 0 spiro atoms. The van der Waals surface area contributed by atoms with Gasteiger partial charge in [0.25, 0.3) is 0 Å². The van der Waals surface area contributed by atoms with Gasteiger partial charge in [-0.1, -0.05) is 6.92 Å². The molecule has 0 aromatic rings. The average Bonchev–Trinajstić information content (AvgIpc) is 2.35. The Kier molecular flexibility index (Phi) is 6.37. The standard InChI is InChI=1S/C11H21N3O5S/c1-2-3-12-10(15)8-13-4-6-14(7-5-13)20(18,19)9-11(16)17/h2-9H2,1H3,(H,12,15)(H,16,17). The van der Waals surface area contributed by atoms with Crippen LogP contribution in [0.4, 0.5) is 0 Å². The summed E-state index contributed by atoms with van der Waals surface area (Å²) in [5.41, 5.74) is 0. The number of nitrogens with one attached hydrogen (secondary N) is 1. The summed E-state index contributed by atoms with van der Waals surface area (Å²) < 4.78 is 24.6. The number of sulfonamides is 1. The lowest BCUT2D eigenvalue weighted by atomic mass is 10.3. The molecule has 0 atom stereocenters. The van der Waals surface area contributed by atoms with Gasteiger partial charge in [-0.15, -0.1) is 0 Å². The van der Waals surface area contributed by atoms with Gasteiger partial charge >= 0.3 is 5.97 Å². The van der Waals surface area contributed by atoms with Crippen LogP contribution >= 0.6 is 0 Å². The van der Waals surface area contributed by atoms with Gasteiger partial charge in [-0.05, 0) is 6.42 Å². The van der Waals surface area contributed by atoms with Gasteiger partial charge in [0.1, 0.15) is 0 Å². The minimum Gasteiger partial charge on any atom is -0.480 e. The summed E-state index contributed by atoms with van der Waals surface area (Å²) >= 11 is 0. The summed E-state index contributed by atoms with van der Waals surface area (Å²) in [5.74, 6) is -2.32. The molecular weight excluding hydrogens is 286 g/mol. The van der Waals surface area contributed by atoms with E-state index in [1.807, 2.05) is 11.8 Å². The third-order valence-electron chi connectivity index (χ3n) is 2.97. The number of rotatable bonds is 7. The van der Waals surface area contributed by atoms with Gasteiger partial charge in [0.2, 0.25) is 15.9 Å². The van der Waals surface area contributed by atoms with Crippen molar-refractivity contribution in [2.24, 2.45) is 0 Å². The Bertz CT molecular complexity index is 443. The van der Waals surface area contributed by atoms with Gasteiger partial charge in [-0.2, -0.15) is 4.31 Å². The third-order valence-corrected chi connectivity index (χ3v) is 4.73. The van der Waals surface area contributed by atoms with Crippen molar-refractivity contribution in [3.05, 3.63) is 0 Å². The molecule has 1 fully saturated rings. The van der Waals surface area contributed by atoms with Crippen LogP contribution in [0.15, 0.2) is 0 Å². The predicted molar refractivity (Wildman–Crippen MR) is 72.7 cm³/mol. The zero-order valence-electron chi connectivity index (χ0n) is 11.5. The van der Waals surface area contributed by atoms with E-state index in [1.54, 1.807) is 0 Å². The fourth-order valence-electron chi connectivity index (χ4n) is 1.94. The van der Waals surface area contributed by atoms with Crippen molar-refractivity contribution < 1.29 is 23.1 Å². The van der Waals surface area contributed by atoms with E-state index < -0.39 is 21.7 Å². The summed E-state index contributed by atoms with van der Waals surface area (Å²) in [4.78, 5) is 23.9. The van der Waals surface area contributed by atoms with Crippen molar-refractivity contribution >= 4 is 21.9 Å². The van der Waals surface area contributed by atoms with E-state index in [0.717, 1.165) is 6.42 Å². The SMILES string of the molecule is CCCNC(=O)CN1CCN(S(=O)(=O)CC(=O)O)CC1. The highest BCUT2D eigenvalue weighted by Gasteiger charge is 2.29. The maximum Gasteiger partial charge on any atom is 0.320 e. The van der Waals surface area contributed by atoms with Gasteiger partial charge in [-0.25, -0.2) is 8.42 Å². The van der Waals surface area contributed by atoms with E-state index in [9.17, 15) is 18.0 Å². The van der Waals surface area contributed by atoms with E-state index in [0.29, 0.717) is 19.6 Å². The number of carbonyl (C=O) groups excluding carboxylic acids is 1. The van der Waals surface area contributed by atoms with Crippen molar-refractivity contribution in [2.45, 2.75) is 13.3 Å². The number of amides is 1. The maximum absolute atomic E-state index is 11.7. The van der Waals surface area contributed by atoms with E-state index in [4.69, 9.17) is 5.11 Å². The van der Waals surface area contributed by atoms with E-state index in [-0.39, 0.29) is 25.5 Å². The Hall–Kier alpha value is -1.19. The molecule has 116 valence electrons. The maximum atomic E-state index is 11.7. The van der Waals surface area contributed by atoms with Gasteiger partial charge < -0.3 is 10.4 Å². The molecular formula is C11H21N3O5S. The first-order chi connectivity index (χ1) is 9.35. The van der Waals surface area contributed by atoms with Crippen LogP contribution in [0.2, 0.25) is 0 Å². The molecule has 0 radical (unpaired) electrons. The number of aliphatic carboxylic acids is 1. The first kappa shape index (κ1) is 16.9. The summed E-state index contributed by atoms with van der Waals surface area (Å²) in [6.07, 6.45) is 0.868. The summed E-state index contributed by atoms with van der Waals surface area (Å²) in [6, 6.07) is 0. The molecule has 20 heavy (non-hydrogen) atoms. The number of nitrogens with zero attached hydrogens (tertiary/aromatic N) is 2. The first-order valence-corrected chi connectivity index (χ1v) is 8.14. The zero-order valence-corrected chi connectivity index (χ0v) is 12.4. The third kappa shape index (κ3) is 5.43. The molecule has 0 unspecified atom stereocenters. The number of hydrogen-bond donors (Lipinski definition) is 2. The molecule has 1 heterocycles. The van der Waals surface area contributed by atoms with Crippen LogP contribution in [0.25, 0.3) is 0 Å². The second-order valence-corrected chi connectivity index (χ2v) is 6.64. The van der Waals surface area contributed by atoms with Crippen LogP contribution in [0, 0.1) is 0 Å². The van der Waals surface area contributed by atoms with Crippen LogP contribution < -0.4 is 5.32 Å². The number of carboxylic acid groups (broad SMARTS) is 1. The molecule has 1 amide bonds. The minimum absolute atomic E-state index is 0.0753. The van der Waals surface area contributed by atoms with E-state index in [1.165, 1.54) is 4.31 Å². The Morgan fingerprint density at radius 3 is 2.30 bits per heavy atom. The Balaban J connectivity index is 2.40. The summed E-state index contributed by atoms with van der Waals surface area (Å²) in [5, 5.41) is 11.3. The Morgan fingerprint density at radius 1 is 1.20 bits per heavy atom.